The maximum Gasteiger partial charge on any atom is 0.236 e. The van der Waals surface area contributed by atoms with E-state index in [2.05, 4.69) is 34.7 Å². The van der Waals surface area contributed by atoms with E-state index in [1.807, 2.05) is 11.4 Å². The van der Waals surface area contributed by atoms with E-state index in [0.717, 1.165) is 17.1 Å². The van der Waals surface area contributed by atoms with Gasteiger partial charge in [-0.05, 0) is 17.7 Å². The molecule has 4 rings (SSSR count). The van der Waals surface area contributed by atoms with Crippen molar-refractivity contribution in [3.05, 3.63) is 51.3 Å². The molecule has 8 nitrogen and oxygen atoms in total. The van der Waals surface area contributed by atoms with Crippen molar-refractivity contribution in [1.82, 2.24) is 9.97 Å². The summed E-state index contributed by atoms with van der Waals surface area (Å²) in [6.07, 6.45) is 0.773. The molecule has 1 aliphatic heterocycles. The lowest BCUT2D eigenvalue weighted by molar-refractivity contribution is 0.138. The number of hydrogen-bond donors (Lipinski definition) is 1. The van der Waals surface area contributed by atoms with Gasteiger partial charge in [0.2, 0.25) is 5.69 Å². The lowest BCUT2D eigenvalue weighted by atomic mass is 9.99. The van der Waals surface area contributed by atoms with Gasteiger partial charge in [-0.2, -0.15) is 5.26 Å². The molecular weight excluding hydrogens is 482 g/mol. The lowest BCUT2D eigenvalue weighted by Crippen LogP contribution is -2.16. The molecule has 35 heavy (non-hydrogen) atoms. The molecule has 1 atom stereocenters. The first-order valence-corrected chi connectivity index (χ1v) is 12.9. The molecule has 3 aromatic rings. The molecule has 10 heteroatoms. The van der Waals surface area contributed by atoms with Crippen LogP contribution >= 0.6 is 23.1 Å². The van der Waals surface area contributed by atoms with Crippen LogP contribution in [0.3, 0.4) is 0 Å². The van der Waals surface area contributed by atoms with Gasteiger partial charge in [-0.15, -0.1) is 11.3 Å². The van der Waals surface area contributed by atoms with Gasteiger partial charge in [0.1, 0.15) is 23.0 Å². The highest BCUT2D eigenvalue weighted by Crippen LogP contribution is 2.44. The summed E-state index contributed by atoms with van der Waals surface area (Å²) < 4.78 is 17.0. The minimum atomic E-state index is -0.0373. The van der Waals surface area contributed by atoms with Crippen LogP contribution in [0.1, 0.15) is 42.5 Å². The molecule has 1 aromatic carbocycles. The number of pyridine rings is 1. The Bertz CT molecular complexity index is 1300. The van der Waals surface area contributed by atoms with Crippen molar-refractivity contribution in [1.29, 1.82) is 5.26 Å². The summed E-state index contributed by atoms with van der Waals surface area (Å²) in [5, 5.41) is 13.6. The van der Waals surface area contributed by atoms with Gasteiger partial charge in [0.25, 0.3) is 0 Å². The van der Waals surface area contributed by atoms with Crippen LogP contribution in [0.25, 0.3) is 16.0 Å². The summed E-state index contributed by atoms with van der Waals surface area (Å²) >= 11 is 3.00. The number of anilines is 1. The van der Waals surface area contributed by atoms with Crippen molar-refractivity contribution in [3.8, 4) is 28.7 Å². The molecule has 2 aromatic heterocycles. The van der Waals surface area contributed by atoms with Crippen LogP contribution in [0.4, 0.5) is 11.5 Å². The normalized spacial score (nSPS) is 15.1. The highest BCUT2D eigenvalue weighted by atomic mass is 32.2. The summed E-state index contributed by atoms with van der Waals surface area (Å²) in [5.41, 5.74) is 8.61. The second-order valence-corrected chi connectivity index (χ2v) is 10.1. The number of nitrogens with zero attached hydrogens (tertiary/aromatic N) is 4. The number of ether oxygens (including phenoxy) is 3. The molecule has 0 spiro atoms. The predicted octanol–water partition coefficient (Wildman–Crippen LogP) is 5.80. The van der Waals surface area contributed by atoms with E-state index in [1.165, 1.54) is 11.8 Å². The van der Waals surface area contributed by atoms with E-state index < -0.39 is 0 Å². The summed E-state index contributed by atoms with van der Waals surface area (Å²) in [4.78, 5) is 12.7. The molecule has 0 aliphatic carbocycles. The largest absolute Gasteiger partial charge is 0.493 e. The maximum atomic E-state index is 10.1. The van der Waals surface area contributed by atoms with Crippen LogP contribution in [-0.2, 0) is 10.5 Å². The molecule has 0 radical (unpaired) electrons. The van der Waals surface area contributed by atoms with Crippen molar-refractivity contribution in [3.63, 3.8) is 0 Å². The number of thioether (sulfide) groups is 1. The van der Waals surface area contributed by atoms with Crippen LogP contribution in [0.2, 0.25) is 0 Å². The molecule has 180 valence electrons. The number of rotatable bonds is 8. The quantitative estimate of drug-likeness (QED) is 0.301. The van der Waals surface area contributed by atoms with Gasteiger partial charge in [-0.1, -0.05) is 31.7 Å². The minimum absolute atomic E-state index is 0.0373. The smallest absolute Gasteiger partial charge is 0.236 e. The van der Waals surface area contributed by atoms with Crippen LogP contribution in [0, 0.1) is 17.9 Å². The molecule has 0 saturated carbocycles. The van der Waals surface area contributed by atoms with E-state index in [4.69, 9.17) is 26.5 Å². The molecule has 0 bridgehead atoms. The summed E-state index contributed by atoms with van der Waals surface area (Å²) in [7, 11) is 1.56. The van der Waals surface area contributed by atoms with Crippen LogP contribution < -0.4 is 15.2 Å². The fraction of sp³-hybridized carbons (Fsp3) is 0.360. The Morgan fingerprint density at radius 3 is 2.83 bits per heavy atom. The molecule has 2 N–H and O–H groups in total. The Kier molecular flexibility index (Phi) is 7.76. The number of nitrogens with two attached hydrogens (primary N) is 1. The van der Waals surface area contributed by atoms with Gasteiger partial charge in [0.05, 0.1) is 43.2 Å². The Balaban J connectivity index is 1.71. The van der Waals surface area contributed by atoms with Gasteiger partial charge >= 0.3 is 0 Å². The van der Waals surface area contributed by atoms with Crippen LogP contribution in [0.5, 0.6) is 11.5 Å². The van der Waals surface area contributed by atoms with E-state index in [9.17, 15) is 5.26 Å². The third-order valence-corrected chi connectivity index (χ3v) is 7.65. The number of methoxy groups -OCH3 is 1. The van der Waals surface area contributed by atoms with Crippen LogP contribution in [0.15, 0.2) is 28.6 Å². The van der Waals surface area contributed by atoms with E-state index >= 15 is 0 Å². The number of hydrogen-bond acceptors (Lipinski definition) is 9. The van der Waals surface area contributed by atoms with Crippen molar-refractivity contribution in [2.75, 3.05) is 26.1 Å². The lowest BCUT2D eigenvalue weighted by Gasteiger charge is -2.17. The minimum Gasteiger partial charge on any atom is -0.493 e. The van der Waals surface area contributed by atoms with Gasteiger partial charge in [-0.25, -0.2) is 14.8 Å². The monoisotopic (exact) mass is 507 g/mol. The van der Waals surface area contributed by atoms with Crippen LogP contribution in [-0.4, -0.2) is 36.4 Å². The third kappa shape index (κ3) is 5.35. The molecule has 1 fully saturated rings. The summed E-state index contributed by atoms with van der Waals surface area (Å²) in [6, 6.07) is 7.60. The number of benzene rings is 1. The maximum absolute atomic E-state index is 10.1. The fourth-order valence-electron chi connectivity index (χ4n) is 3.68. The first-order chi connectivity index (χ1) is 16.9. The Labute approximate surface area is 212 Å². The SMILES string of the molecule is [C-]#[N+]c1c(N)nc(SCc2csc(C(C)C)n2)c(C#N)c1-c1ccc(OC2CCOC2)c(OC)c1. The zero-order chi connectivity index (χ0) is 24.9. The Morgan fingerprint density at radius 2 is 2.20 bits per heavy atom. The van der Waals surface area contributed by atoms with Crippen molar-refractivity contribution in [2.45, 2.75) is 43.1 Å². The highest BCUT2D eigenvalue weighted by molar-refractivity contribution is 7.98. The second-order valence-electron chi connectivity index (χ2n) is 8.21. The number of nitriles is 1. The van der Waals surface area contributed by atoms with Gasteiger partial charge < -0.3 is 19.9 Å². The Morgan fingerprint density at radius 1 is 1.37 bits per heavy atom. The van der Waals surface area contributed by atoms with E-state index in [0.29, 0.717) is 58.1 Å². The zero-order valence-electron chi connectivity index (χ0n) is 19.7. The molecular formula is C25H25N5O3S2. The Hall–Kier alpha value is -3.31. The molecule has 3 heterocycles. The number of nitrogen functional groups attached to an aromatic ring is 1. The van der Waals surface area contributed by atoms with E-state index in [-0.39, 0.29) is 17.6 Å². The van der Waals surface area contributed by atoms with Crippen molar-refractivity contribution < 1.29 is 14.2 Å². The first-order valence-electron chi connectivity index (χ1n) is 11.1. The van der Waals surface area contributed by atoms with Gasteiger partial charge in [0.15, 0.2) is 11.5 Å². The average molecular weight is 508 g/mol. The summed E-state index contributed by atoms with van der Waals surface area (Å²) in [5.74, 6) is 2.06. The second kappa shape index (κ2) is 11.0. The average Bonchev–Trinajstić information content (AvgIpc) is 3.55. The third-order valence-electron chi connectivity index (χ3n) is 5.44. The first kappa shape index (κ1) is 24.8. The predicted molar refractivity (Wildman–Crippen MR) is 137 cm³/mol. The molecule has 1 aliphatic rings. The van der Waals surface area contributed by atoms with Gasteiger partial charge in [-0.3, -0.25) is 0 Å². The molecule has 1 saturated heterocycles. The van der Waals surface area contributed by atoms with Gasteiger partial charge in [0, 0.05) is 29.0 Å². The van der Waals surface area contributed by atoms with Crippen molar-refractivity contribution in [2.24, 2.45) is 0 Å². The standard InChI is InChI=1S/C25H25N5O3S2/c1-14(2)24-29-16(12-34-24)13-35-25-18(10-26)21(22(28-3)23(27)30-25)15-5-6-19(20(9-15)31-4)33-17-7-8-32-11-17/h5-6,9,12,14,17H,7-8,11,13H2,1-2,4H3,(H2,27,30). The number of thiazole rings is 1. The molecule has 1 unspecified atom stereocenters. The number of aromatic nitrogens is 2. The topological polar surface area (TPSA) is 108 Å². The van der Waals surface area contributed by atoms with E-state index in [1.54, 1.807) is 30.6 Å². The zero-order valence-corrected chi connectivity index (χ0v) is 21.3. The fourth-order valence-corrected chi connectivity index (χ4v) is 5.50. The highest BCUT2D eigenvalue weighted by Gasteiger charge is 2.23. The van der Waals surface area contributed by atoms with Crippen molar-refractivity contribution >= 4 is 34.6 Å². The summed E-state index contributed by atoms with van der Waals surface area (Å²) in [6.45, 7) is 13.1. The molecule has 0 amide bonds.